The first kappa shape index (κ1) is 21.2. The first-order valence-corrected chi connectivity index (χ1v) is 9.15. The van der Waals surface area contributed by atoms with Gasteiger partial charge in [0.1, 0.15) is 11.6 Å². The van der Waals surface area contributed by atoms with E-state index in [1.165, 1.54) is 37.5 Å². The molecular formula is C19H16IN3O5. The summed E-state index contributed by atoms with van der Waals surface area (Å²) in [6, 6.07) is 10.6. The van der Waals surface area contributed by atoms with Crippen molar-refractivity contribution >= 4 is 45.9 Å². The van der Waals surface area contributed by atoms with Crippen molar-refractivity contribution in [2.24, 2.45) is 0 Å². The molecule has 1 N–H and O–H groups in total. The van der Waals surface area contributed by atoms with Crippen LogP contribution in [-0.2, 0) is 4.79 Å². The Labute approximate surface area is 175 Å². The molecule has 8 nitrogen and oxygen atoms in total. The van der Waals surface area contributed by atoms with Gasteiger partial charge >= 0.3 is 0 Å². The summed E-state index contributed by atoms with van der Waals surface area (Å²) in [6.45, 7) is 2.28. The number of anilines is 1. The lowest BCUT2D eigenvalue weighted by molar-refractivity contribution is -0.384. The number of nitro benzene ring substituents is 1. The number of hydrogen-bond acceptors (Lipinski definition) is 6. The van der Waals surface area contributed by atoms with Gasteiger partial charge in [-0.15, -0.1) is 0 Å². The smallest absolute Gasteiger partial charge is 0.269 e. The molecule has 144 valence electrons. The Morgan fingerprint density at radius 1 is 1.36 bits per heavy atom. The summed E-state index contributed by atoms with van der Waals surface area (Å²) in [5.41, 5.74) is 0.729. The zero-order chi connectivity index (χ0) is 20.7. The molecule has 0 atom stereocenters. The predicted octanol–water partition coefficient (Wildman–Crippen LogP) is 4.15. The normalized spacial score (nSPS) is 10.7. The molecule has 0 saturated carbocycles. The summed E-state index contributed by atoms with van der Waals surface area (Å²) in [7, 11) is 1.54. The molecule has 0 aliphatic rings. The second-order valence-corrected chi connectivity index (χ2v) is 6.56. The Hall–Kier alpha value is -3.13. The molecule has 28 heavy (non-hydrogen) atoms. The van der Waals surface area contributed by atoms with Gasteiger partial charge in [0.25, 0.3) is 11.6 Å². The second-order valence-electron chi connectivity index (χ2n) is 5.40. The highest BCUT2D eigenvalue weighted by Gasteiger charge is 2.14. The van der Waals surface area contributed by atoms with Crippen molar-refractivity contribution in [1.29, 1.82) is 5.26 Å². The highest BCUT2D eigenvalue weighted by molar-refractivity contribution is 14.1. The number of nitriles is 1. The maximum absolute atomic E-state index is 12.4. The first-order chi connectivity index (χ1) is 13.4. The van der Waals surface area contributed by atoms with Crippen molar-refractivity contribution in [1.82, 2.24) is 0 Å². The van der Waals surface area contributed by atoms with Crippen LogP contribution in [0.25, 0.3) is 6.08 Å². The number of amides is 1. The number of benzene rings is 2. The molecule has 2 aromatic rings. The van der Waals surface area contributed by atoms with Crippen LogP contribution in [0.3, 0.4) is 0 Å². The lowest BCUT2D eigenvalue weighted by Gasteiger charge is -2.12. The fourth-order valence-corrected chi connectivity index (χ4v) is 3.16. The van der Waals surface area contributed by atoms with E-state index < -0.39 is 10.8 Å². The fraction of sp³-hybridized carbons (Fsp3) is 0.158. The van der Waals surface area contributed by atoms with Crippen molar-refractivity contribution in [3.8, 4) is 17.6 Å². The number of halogens is 1. The summed E-state index contributed by atoms with van der Waals surface area (Å²) in [5, 5.41) is 22.6. The Balaban J connectivity index is 2.28. The molecule has 0 fully saturated rings. The summed E-state index contributed by atoms with van der Waals surface area (Å²) in [6.07, 6.45) is 1.44. The van der Waals surface area contributed by atoms with Crippen molar-refractivity contribution in [2.45, 2.75) is 6.92 Å². The highest BCUT2D eigenvalue weighted by atomic mass is 127. The van der Waals surface area contributed by atoms with Crippen molar-refractivity contribution in [3.05, 3.63) is 61.2 Å². The quantitative estimate of drug-likeness (QED) is 0.204. The molecular weight excluding hydrogens is 477 g/mol. The van der Waals surface area contributed by atoms with Crippen LogP contribution in [0.2, 0.25) is 0 Å². The van der Waals surface area contributed by atoms with E-state index in [1.807, 2.05) is 13.0 Å². The molecule has 0 aliphatic heterocycles. The molecule has 0 spiro atoms. The number of rotatable bonds is 7. The average Bonchev–Trinajstić information content (AvgIpc) is 2.66. The van der Waals surface area contributed by atoms with Crippen molar-refractivity contribution < 1.29 is 19.2 Å². The van der Waals surface area contributed by atoms with Crippen LogP contribution in [0.1, 0.15) is 12.5 Å². The SMILES string of the molecule is CCOc1cc(/C=C(\C#N)C(=O)Nc2ccc([N+](=O)[O-])cc2)cc(I)c1OC. The Morgan fingerprint density at radius 2 is 2.04 bits per heavy atom. The van der Waals surface area contributed by atoms with E-state index in [0.29, 0.717) is 29.4 Å². The van der Waals surface area contributed by atoms with Crippen LogP contribution >= 0.6 is 22.6 Å². The van der Waals surface area contributed by atoms with Gasteiger partial charge in [-0.2, -0.15) is 5.26 Å². The van der Waals surface area contributed by atoms with Gasteiger partial charge in [-0.1, -0.05) is 0 Å². The van der Waals surface area contributed by atoms with E-state index in [4.69, 9.17) is 9.47 Å². The lowest BCUT2D eigenvalue weighted by Crippen LogP contribution is -2.13. The molecule has 0 bridgehead atoms. The Kier molecular flexibility index (Phi) is 7.34. The molecule has 1 amide bonds. The van der Waals surface area contributed by atoms with Gasteiger partial charge in [-0.05, 0) is 65.4 Å². The van der Waals surface area contributed by atoms with Crippen LogP contribution in [0.5, 0.6) is 11.5 Å². The number of nitrogens with zero attached hydrogens (tertiary/aromatic N) is 2. The molecule has 0 saturated heterocycles. The third-order valence-corrected chi connectivity index (χ3v) is 4.35. The fourth-order valence-electron chi connectivity index (χ4n) is 2.31. The van der Waals surface area contributed by atoms with E-state index in [-0.39, 0.29) is 11.3 Å². The highest BCUT2D eigenvalue weighted by Crippen LogP contribution is 2.34. The molecule has 2 aromatic carbocycles. The third-order valence-electron chi connectivity index (χ3n) is 3.55. The van der Waals surface area contributed by atoms with E-state index in [2.05, 4.69) is 27.9 Å². The lowest BCUT2D eigenvalue weighted by atomic mass is 10.1. The summed E-state index contributed by atoms with van der Waals surface area (Å²) >= 11 is 2.08. The largest absolute Gasteiger partial charge is 0.492 e. The molecule has 0 radical (unpaired) electrons. The van der Waals surface area contributed by atoms with Gasteiger partial charge in [0.2, 0.25) is 0 Å². The number of carbonyl (C=O) groups excluding carboxylic acids is 1. The molecule has 2 rings (SSSR count). The standard InChI is InChI=1S/C19H16IN3O5/c1-3-28-17-10-12(9-16(20)18(17)27-2)8-13(11-21)19(24)22-14-4-6-15(7-5-14)23(25)26/h4-10H,3H2,1-2H3,(H,22,24)/b13-8+. The third kappa shape index (κ3) is 5.20. The maximum Gasteiger partial charge on any atom is 0.269 e. The number of nitro groups is 1. The van der Waals surface area contributed by atoms with Gasteiger partial charge in [0.15, 0.2) is 11.5 Å². The number of ether oxygens (including phenoxy) is 2. The minimum absolute atomic E-state index is 0.0923. The topological polar surface area (TPSA) is 114 Å². The van der Waals surface area contributed by atoms with E-state index in [1.54, 1.807) is 12.1 Å². The number of nitrogens with one attached hydrogen (secondary N) is 1. The number of non-ortho nitro benzene ring substituents is 1. The van der Waals surface area contributed by atoms with Crippen LogP contribution in [0, 0.1) is 25.0 Å². The minimum atomic E-state index is -0.625. The number of hydrogen-bond donors (Lipinski definition) is 1. The minimum Gasteiger partial charge on any atom is -0.492 e. The van der Waals surface area contributed by atoms with E-state index in [9.17, 15) is 20.2 Å². The first-order valence-electron chi connectivity index (χ1n) is 8.07. The summed E-state index contributed by atoms with van der Waals surface area (Å²) < 4.78 is 11.6. The molecule has 0 aliphatic carbocycles. The molecule has 0 unspecified atom stereocenters. The summed E-state index contributed by atoms with van der Waals surface area (Å²) in [4.78, 5) is 22.5. The van der Waals surface area contributed by atoms with Crippen LogP contribution < -0.4 is 14.8 Å². The van der Waals surface area contributed by atoms with Crippen LogP contribution in [-0.4, -0.2) is 24.5 Å². The van der Waals surface area contributed by atoms with Crippen molar-refractivity contribution in [3.63, 3.8) is 0 Å². The van der Waals surface area contributed by atoms with E-state index in [0.717, 1.165) is 3.57 Å². The number of methoxy groups -OCH3 is 1. The Bertz CT molecular complexity index is 965. The van der Waals surface area contributed by atoms with Crippen LogP contribution in [0.15, 0.2) is 42.0 Å². The summed E-state index contributed by atoms with van der Waals surface area (Å²) in [5.74, 6) is 0.463. The van der Waals surface area contributed by atoms with E-state index >= 15 is 0 Å². The average molecular weight is 493 g/mol. The van der Waals surface area contributed by atoms with Gasteiger partial charge in [0.05, 0.1) is 22.2 Å². The van der Waals surface area contributed by atoms with Crippen LogP contribution in [0.4, 0.5) is 11.4 Å². The predicted molar refractivity (Wildman–Crippen MR) is 112 cm³/mol. The maximum atomic E-state index is 12.4. The molecule has 9 heteroatoms. The van der Waals surface area contributed by atoms with Crippen molar-refractivity contribution in [2.75, 3.05) is 19.0 Å². The second kappa shape index (κ2) is 9.70. The van der Waals surface area contributed by atoms with Gasteiger partial charge in [-0.25, -0.2) is 0 Å². The zero-order valence-electron chi connectivity index (χ0n) is 15.1. The van der Waals surface area contributed by atoms with Gasteiger partial charge in [-0.3, -0.25) is 14.9 Å². The van der Waals surface area contributed by atoms with Gasteiger partial charge < -0.3 is 14.8 Å². The van der Waals surface area contributed by atoms with Gasteiger partial charge in [0, 0.05) is 17.8 Å². The zero-order valence-corrected chi connectivity index (χ0v) is 17.2. The number of carbonyl (C=O) groups is 1. The Morgan fingerprint density at radius 3 is 2.57 bits per heavy atom. The molecule has 0 aromatic heterocycles. The molecule has 0 heterocycles. The monoisotopic (exact) mass is 493 g/mol.